The quantitative estimate of drug-likeness (QED) is 0.712. The average Bonchev–Trinajstić information content (AvgIpc) is 2.67. The summed E-state index contributed by atoms with van der Waals surface area (Å²) in [6.07, 6.45) is 5.58. The van der Waals surface area contributed by atoms with Gasteiger partial charge >= 0.3 is 0 Å². The fraction of sp³-hybridized carbons (Fsp3) is 0.538. The molecule has 1 aliphatic rings. The van der Waals surface area contributed by atoms with Crippen LogP contribution in [0.4, 0.5) is 0 Å². The molecule has 1 fully saturated rings. The first-order valence-electron chi connectivity index (χ1n) is 5.47. The largest absolute Gasteiger partial charge is 0.381 e. The van der Waals surface area contributed by atoms with Gasteiger partial charge in [-0.1, -0.05) is 36.8 Å². The van der Waals surface area contributed by atoms with E-state index in [1.807, 2.05) is 7.11 Å². The average molecular weight is 190 g/mol. The highest BCUT2D eigenvalue weighted by Crippen LogP contribution is 2.30. The summed E-state index contributed by atoms with van der Waals surface area (Å²) in [7, 11) is 1.84. The van der Waals surface area contributed by atoms with Crippen molar-refractivity contribution < 1.29 is 4.74 Å². The summed E-state index contributed by atoms with van der Waals surface area (Å²) in [6.45, 7) is 0. The Balaban J connectivity index is 1.97. The molecule has 0 saturated heterocycles. The lowest BCUT2D eigenvalue weighted by molar-refractivity contribution is 0.0713. The molecule has 1 aromatic carbocycles. The molecule has 0 heterocycles. The van der Waals surface area contributed by atoms with E-state index < -0.39 is 0 Å². The molecule has 1 aromatic rings. The minimum Gasteiger partial charge on any atom is -0.381 e. The molecule has 0 radical (unpaired) electrons. The Morgan fingerprint density at radius 2 is 2.00 bits per heavy atom. The molecule has 2 rings (SSSR count). The summed E-state index contributed by atoms with van der Waals surface area (Å²) >= 11 is 0. The molecule has 76 valence electrons. The SMILES string of the molecule is CO[C@@H]1CCC[C@H]1Cc1ccccc1. The third-order valence-electron chi connectivity index (χ3n) is 3.23. The Morgan fingerprint density at radius 3 is 2.71 bits per heavy atom. The van der Waals surface area contributed by atoms with E-state index in [1.165, 1.54) is 31.2 Å². The predicted octanol–water partition coefficient (Wildman–Crippen LogP) is 3.04. The highest BCUT2D eigenvalue weighted by molar-refractivity contribution is 5.15. The normalized spacial score (nSPS) is 26.6. The van der Waals surface area contributed by atoms with Gasteiger partial charge in [-0.3, -0.25) is 0 Å². The molecule has 1 aliphatic carbocycles. The van der Waals surface area contributed by atoms with Crippen LogP contribution in [0.2, 0.25) is 0 Å². The summed E-state index contributed by atoms with van der Waals surface area (Å²) in [5.41, 5.74) is 1.45. The van der Waals surface area contributed by atoms with Crippen LogP contribution in [0, 0.1) is 5.92 Å². The monoisotopic (exact) mass is 190 g/mol. The minimum absolute atomic E-state index is 0.496. The molecule has 0 amide bonds. The summed E-state index contributed by atoms with van der Waals surface area (Å²) in [5, 5.41) is 0. The van der Waals surface area contributed by atoms with Crippen LogP contribution in [0.5, 0.6) is 0 Å². The van der Waals surface area contributed by atoms with Crippen molar-refractivity contribution in [2.45, 2.75) is 31.8 Å². The Labute approximate surface area is 86.1 Å². The second-order valence-electron chi connectivity index (χ2n) is 4.15. The Kier molecular flexibility index (Phi) is 3.20. The number of hydrogen-bond acceptors (Lipinski definition) is 1. The van der Waals surface area contributed by atoms with E-state index in [4.69, 9.17) is 4.74 Å². The van der Waals surface area contributed by atoms with Crippen LogP contribution in [0.25, 0.3) is 0 Å². The molecule has 0 bridgehead atoms. The van der Waals surface area contributed by atoms with Crippen LogP contribution < -0.4 is 0 Å². The summed E-state index contributed by atoms with van der Waals surface area (Å²) < 4.78 is 5.50. The van der Waals surface area contributed by atoms with Crippen LogP contribution in [0.1, 0.15) is 24.8 Å². The molecule has 0 aromatic heterocycles. The zero-order valence-electron chi connectivity index (χ0n) is 8.78. The van der Waals surface area contributed by atoms with Crippen molar-refractivity contribution in [3.8, 4) is 0 Å². The second-order valence-corrected chi connectivity index (χ2v) is 4.15. The number of rotatable bonds is 3. The van der Waals surface area contributed by atoms with Crippen LogP contribution >= 0.6 is 0 Å². The van der Waals surface area contributed by atoms with Gasteiger partial charge in [0, 0.05) is 7.11 Å². The van der Waals surface area contributed by atoms with E-state index in [9.17, 15) is 0 Å². The second kappa shape index (κ2) is 4.61. The van der Waals surface area contributed by atoms with Gasteiger partial charge in [0.25, 0.3) is 0 Å². The fourth-order valence-corrected chi connectivity index (χ4v) is 2.46. The molecular weight excluding hydrogens is 172 g/mol. The van der Waals surface area contributed by atoms with E-state index in [2.05, 4.69) is 30.3 Å². The van der Waals surface area contributed by atoms with Crippen molar-refractivity contribution in [1.29, 1.82) is 0 Å². The number of hydrogen-bond donors (Lipinski definition) is 0. The van der Waals surface area contributed by atoms with Crippen molar-refractivity contribution in [1.82, 2.24) is 0 Å². The summed E-state index contributed by atoms with van der Waals surface area (Å²) in [6, 6.07) is 10.7. The van der Waals surface area contributed by atoms with Crippen LogP contribution in [-0.2, 0) is 11.2 Å². The summed E-state index contributed by atoms with van der Waals surface area (Å²) in [4.78, 5) is 0. The lowest BCUT2D eigenvalue weighted by Crippen LogP contribution is -2.18. The van der Waals surface area contributed by atoms with E-state index in [0.29, 0.717) is 6.10 Å². The highest BCUT2D eigenvalue weighted by Gasteiger charge is 2.26. The molecule has 14 heavy (non-hydrogen) atoms. The van der Waals surface area contributed by atoms with Crippen molar-refractivity contribution in [3.05, 3.63) is 35.9 Å². The van der Waals surface area contributed by atoms with Gasteiger partial charge in [-0.05, 0) is 30.7 Å². The van der Waals surface area contributed by atoms with Gasteiger partial charge in [-0.25, -0.2) is 0 Å². The molecule has 0 unspecified atom stereocenters. The molecule has 0 spiro atoms. The van der Waals surface area contributed by atoms with Gasteiger partial charge in [0.2, 0.25) is 0 Å². The highest BCUT2D eigenvalue weighted by atomic mass is 16.5. The first-order chi connectivity index (χ1) is 6.90. The van der Waals surface area contributed by atoms with E-state index in [-0.39, 0.29) is 0 Å². The maximum Gasteiger partial charge on any atom is 0.0602 e. The van der Waals surface area contributed by atoms with Crippen molar-refractivity contribution >= 4 is 0 Å². The lowest BCUT2D eigenvalue weighted by atomic mass is 9.96. The molecule has 0 N–H and O–H groups in total. The standard InChI is InChI=1S/C13H18O/c1-14-13-9-5-8-12(13)10-11-6-3-2-4-7-11/h2-4,6-7,12-13H,5,8-10H2,1H3/t12-,13+/m0/s1. The molecule has 1 saturated carbocycles. The fourth-order valence-electron chi connectivity index (χ4n) is 2.46. The van der Waals surface area contributed by atoms with E-state index in [0.717, 1.165) is 5.92 Å². The first kappa shape index (κ1) is 9.72. The van der Waals surface area contributed by atoms with Gasteiger partial charge < -0.3 is 4.74 Å². The third kappa shape index (κ3) is 2.16. The first-order valence-corrected chi connectivity index (χ1v) is 5.47. The Morgan fingerprint density at radius 1 is 1.21 bits per heavy atom. The maximum absolute atomic E-state index is 5.50. The Hall–Kier alpha value is -0.820. The van der Waals surface area contributed by atoms with E-state index >= 15 is 0 Å². The molecule has 1 nitrogen and oxygen atoms in total. The number of methoxy groups -OCH3 is 1. The number of ether oxygens (including phenoxy) is 1. The predicted molar refractivity (Wildman–Crippen MR) is 58.3 cm³/mol. The van der Waals surface area contributed by atoms with Crippen LogP contribution in [-0.4, -0.2) is 13.2 Å². The van der Waals surface area contributed by atoms with Gasteiger partial charge in [0.05, 0.1) is 6.10 Å². The van der Waals surface area contributed by atoms with Gasteiger partial charge in [-0.2, -0.15) is 0 Å². The topological polar surface area (TPSA) is 9.23 Å². The van der Waals surface area contributed by atoms with Crippen molar-refractivity contribution in [3.63, 3.8) is 0 Å². The van der Waals surface area contributed by atoms with Gasteiger partial charge in [0.1, 0.15) is 0 Å². The van der Waals surface area contributed by atoms with Crippen LogP contribution in [0.15, 0.2) is 30.3 Å². The zero-order chi connectivity index (χ0) is 9.80. The maximum atomic E-state index is 5.50. The number of benzene rings is 1. The third-order valence-corrected chi connectivity index (χ3v) is 3.23. The van der Waals surface area contributed by atoms with Crippen molar-refractivity contribution in [2.24, 2.45) is 5.92 Å². The van der Waals surface area contributed by atoms with Crippen LogP contribution in [0.3, 0.4) is 0 Å². The smallest absolute Gasteiger partial charge is 0.0602 e. The molecule has 2 atom stereocenters. The minimum atomic E-state index is 0.496. The van der Waals surface area contributed by atoms with E-state index in [1.54, 1.807) is 0 Å². The summed E-state index contributed by atoms with van der Waals surface area (Å²) in [5.74, 6) is 0.738. The van der Waals surface area contributed by atoms with Gasteiger partial charge in [-0.15, -0.1) is 0 Å². The molecule has 0 aliphatic heterocycles. The van der Waals surface area contributed by atoms with Crippen molar-refractivity contribution in [2.75, 3.05) is 7.11 Å². The van der Waals surface area contributed by atoms with Gasteiger partial charge in [0.15, 0.2) is 0 Å². The lowest BCUT2D eigenvalue weighted by Gasteiger charge is -2.17. The molecule has 1 heteroatoms. The zero-order valence-corrected chi connectivity index (χ0v) is 8.78. The Bertz CT molecular complexity index is 268. The molecular formula is C13H18O.